The highest BCUT2D eigenvalue weighted by molar-refractivity contribution is 5.70. The van der Waals surface area contributed by atoms with Gasteiger partial charge >= 0.3 is 11.9 Å². The molecule has 0 rings (SSSR count). The number of carbonyl (C=O) groups excluding carboxylic acids is 3. The molecule has 0 N–H and O–H groups in total. The Morgan fingerprint density at radius 1 is 0.508 bits per heavy atom. The predicted octanol–water partition coefficient (Wildman–Crippen LogP) is 12.6. The van der Waals surface area contributed by atoms with Crippen LogP contribution in [0.4, 0.5) is 0 Å². The van der Waals surface area contributed by atoms with E-state index < -0.39 is 18.1 Å². The van der Waals surface area contributed by atoms with Crippen LogP contribution in [0, 0.1) is 0 Å². The van der Waals surface area contributed by atoms with E-state index in [-0.39, 0.29) is 42.7 Å². The third-order valence-electron chi connectivity index (χ3n) is 10.6. The van der Waals surface area contributed by atoms with Gasteiger partial charge < -0.3 is 28.6 Å². The van der Waals surface area contributed by atoms with Crippen molar-refractivity contribution in [1.82, 2.24) is 0 Å². The van der Waals surface area contributed by atoms with Crippen molar-refractivity contribution in [2.24, 2.45) is 0 Å². The van der Waals surface area contributed by atoms with Crippen LogP contribution >= 0.6 is 0 Å². The molecule has 0 aliphatic heterocycles. The Labute approximate surface area is 374 Å². The van der Waals surface area contributed by atoms with Gasteiger partial charge in [-0.25, -0.2) is 0 Å². The standard InChI is InChI=1S/C53H91NO7/c1-6-8-10-12-14-16-18-20-22-24-25-26-28-29-31-33-35-37-39-41-43-51(55)60-48-49(47-59-46-45-50(53(57)58)54(3,4)5)61-52(56)44-42-40-38-36-34-32-30-27-23-21-19-17-15-13-11-9-7-2/h8,10,14,16,20-23,25-26,29,31,49-50H,6-7,9,11-13,15,17-19,24,27-28,30,32-48H2,1-5H3/b10-8+,16-14+,22-20+,23-21+,26-25+,31-29+. The highest BCUT2D eigenvalue weighted by Gasteiger charge is 2.25. The first-order valence-corrected chi connectivity index (χ1v) is 24.5. The van der Waals surface area contributed by atoms with E-state index >= 15 is 0 Å². The second kappa shape index (κ2) is 43.4. The van der Waals surface area contributed by atoms with Gasteiger partial charge in [0, 0.05) is 19.3 Å². The number of carboxylic acids is 1. The molecule has 61 heavy (non-hydrogen) atoms. The predicted molar refractivity (Wildman–Crippen MR) is 254 cm³/mol. The summed E-state index contributed by atoms with van der Waals surface area (Å²) >= 11 is 0. The molecule has 0 saturated heterocycles. The number of likely N-dealkylation sites (N-methyl/N-ethyl adjacent to an activating group) is 1. The summed E-state index contributed by atoms with van der Waals surface area (Å²) in [5, 5.41) is 11.7. The first-order chi connectivity index (χ1) is 29.6. The fraction of sp³-hybridized carbons (Fsp3) is 0.717. The van der Waals surface area contributed by atoms with Crippen molar-refractivity contribution in [3.63, 3.8) is 0 Å². The molecular weight excluding hydrogens is 763 g/mol. The number of hydrogen-bond donors (Lipinski definition) is 0. The molecule has 0 aliphatic carbocycles. The zero-order valence-corrected chi connectivity index (χ0v) is 39.8. The van der Waals surface area contributed by atoms with Crippen LogP contribution in [-0.2, 0) is 28.6 Å². The van der Waals surface area contributed by atoms with Gasteiger partial charge in [-0.05, 0) is 83.5 Å². The Kier molecular flexibility index (Phi) is 41.1. The summed E-state index contributed by atoms with van der Waals surface area (Å²) in [6.45, 7) is 4.51. The number of carbonyl (C=O) groups is 3. The Bertz CT molecular complexity index is 1230. The fourth-order valence-electron chi connectivity index (χ4n) is 6.80. The highest BCUT2D eigenvalue weighted by Crippen LogP contribution is 2.14. The zero-order chi connectivity index (χ0) is 44.9. The van der Waals surface area contributed by atoms with Crippen LogP contribution in [0.25, 0.3) is 0 Å². The third kappa shape index (κ3) is 41.9. The quantitative estimate of drug-likeness (QED) is 0.0260. The second-order valence-electron chi connectivity index (χ2n) is 17.3. The summed E-state index contributed by atoms with van der Waals surface area (Å²) in [6.07, 6.45) is 54.9. The molecule has 0 radical (unpaired) electrons. The van der Waals surface area contributed by atoms with E-state index in [4.69, 9.17) is 14.2 Å². The van der Waals surface area contributed by atoms with Crippen LogP contribution in [0.5, 0.6) is 0 Å². The molecule has 8 nitrogen and oxygen atoms in total. The van der Waals surface area contributed by atoms with Crippen LogP contribution in [0.2, 0.25) is 0 Å². The molecule has 8 heteroatoms. The number of aliphatic carboxylic acids is 1. The number of allylic oxidation sites excluding steroid dienone is 12. The average Bonchev–Trinajstić information content (AvgIpc) is 3.22. The number of rotatable bonds is 43. The van der Waals surface area contributed by atoms with E-state index in [0.29, 0.717) is 12.8 Å². The van der Waals surface area contributed by atoms with Crippen LogP contribution < -0.4 is 5.11 Å². The Morgan fingerprint density at radius 2 is 0.918 bits per heavy atom. The SMILES string of the molecule is CC/C=C/C/C=C/C/C=C/C/C=C/C/C=C/CCCCCCC(=O)OCC(COCCC(C(=O)[O-])[N+](C)(C)C)OC(=O)CCCCCCCCC/C=C/CCCCCCCC. The number of quaternary nitrogens is 1. The topological polar surface area (TPSA) is 102 Å². The molecule has 0 aromatic rings. The zero-order valence-electron chi connectivity index (χ0n) is 39.8. The molecule has 0 amide bonds. The van der Waals surface area contributed by atoms with Crippen LogP contribution in [-0.4, -0.2) is 75.5 Å². The maximum atomic E-state index is 12.8. The molecule has 350 valence electrons. The van der Waals surface area contributed by atoms with Gasteiger partial charge in [-0.15, -0.1) is 0 Å². The molecule has 0 aliphatic rings. The van der Waals surface area contributed by atoms with Crippen molar-refractivity contribution in [1.29, 1.82) is 0 Å². The van der Waals surface area contributed by atoms with Gasteiger partial charge in [0.2, 0.25) is 0 Å². The average molecular weight is 854 g/mol. The van der Waals surface area contributed by atoms with E-state index in [0.717, 1.165) is 83.5 Å². The Hall–Kier alpha value is -3.23. The van der Waals surface area contributed by atoms with Gasteiger partial charge in [-0.2, -0.15) is 0 Å². The lowest BCUT2D eigenvalue weighted by molar-refractivity contribution is -0.889. The molecular formula is C53H91NO7. The van der Waals surface area contributed by atoms with Crippen LogP contribution in [0.1, 0.15) is 194 Å². The summed E-state index contributed by atoms with van der Waals surface area (Å²) in [4.78, 5) is 37.0. The van der Waals surface area contributed by atoms with E-state index in [1.165, 1.54) is 77.0 Å². The summed E-state index contributed by atoms with van der Waals surface area (Å²) in [5.41, 5.74) is 0. The molecule has 0 bridgehead atoms. The van der Waals surface area contributed by atoms with Crippen molar-refractivity contribution in [3.05, 3.63) is 72.9 Å². The minimum Gasteiger partial charge on any atom is -0.544 e. The summed E-state index contributed by atoms with van der Waals surface area (Å²) in [6, 6.07) is -0.734. The van der Waals surface area contributed by atoms with Crippen molar-refractivity contribution >= 4 is 17.9 Å². The molecule has 0 spiro atoms. The lowest BCUT2D eigenvalue weighted by Gasteiger charge is -2.34. The maximum Gasteiger partial charge on any atom is 0.306 e. The lowest BCUT2D eigenvalue weighted by Crippen LogP contribution is -2.55. The third-order valence-corrected chi connectivity index (χ3v) is 10.6. The van der Waals surface area contributed by atoms with E-state index in [1.807, 2.05) is 0 Å². The number of carboxylic acid groups (broad SMARTS) is 1. The monoisotopic (exact) mass is 854 g/mol. The van der Waals surface area contributed by atoms with Gasteiger partial charge in [0.05, 0.1) is 40.3 Å². The Balaban J connectivity index is 4.35. The fourth-order valence-corrected chi connectivity index (χ4v) is 6.80. The number of unbranched alkanes of at least 4 members (excludes halogenated alkanes) is 17. The first-order valence-electron chi connectivity index (χ1n) is 24.5. The summed E-state index contributed by atoms with van der Waals surface area (Å²) < 4.78 is 17.2. The number of hydrogen-bond acceptors (Lipinski definition) is 7. The molecule has 0 aromatic carbocycles. The smallest absolute Gasteiger partial charge is 0.306 e. The van der Waals surface area contributed by atoms with E-state index in [9.17, 15) is 19.5 Å². The maximum absolute atomic E-state index is 12.8. The molecule has 0 fully saturated rings. The van der Waals surface area contributed by atoms with Crippen LogP contribution in [0.3, 0.4) is 0 Å². The van der Waals surface area contributed by atoms with Crippen LogP contribution in [0.15, 0.2) is 72.9 Å². The first kappa shape index (κ1) is 57.8. The minimum absolute atomic E-state index is 0.0277. The van der Waals surface area contributed by atoms with Gasteiger partial charge in [-0.1, -0.05) is 164 Å². The summed E-state index contributed by atoms with van der Waals surface area (Å²) in [5.74, 6) is -1.78. The molecule has 2 unspecified atom stereocenters. The van der Waals surface area contributed by atoms with Crippen molar-refractivity contribution in [2.45, 2.75) is 206 Å². The molecule has 2 atom stereocenters. The van der Waals surface area contributed by atoms with Crippen molar-refractivity contribution in [2.75, 3.05) is 41.0 Å². The van der Waals surface area contributed by atoms with Gasteiger partial charge in [-0.3, -0.25) is 9.59 Å². The minimum atomic E-state index is -1.13. The van der Waals surface area contributed by atoms with Gasteiger partial charge in [0.15, 0.2) is 6.10 Å². The number of esters is 2. The van der Waals surface area contributed by atoms with Crippen molar-refractivity contribution < 1.29 is 38.2 Å². The largest absolute Gasteiger partial charge is 0.544 e. The van der Waals surface area contributed by atoms with Gasteiger partial charge in [0.1, 0.15) is 12.6 Å². The number of ether oxygens (including phenoxy) is 3. The number of nitrogens with zero attached hydrogens (tertiary/aromatic N) is 1. The second-order valence-corrected chi connectivity index (χ2v) is 17.3. The Morgan fingerprint density at radius 3 is 1.38 bits per heavy atom. The van der Waals surface area contributed by atoms with Crippen molar-refractivity contribution in [3.8, 4) is 0 Å². The molecule has 0 saturated carbocycles. The summed E-state index contributed by atoms with van der Waals surface area (Å²) in [7, 11) is 5.40. The lowest BCUT2D eigenvalue weighted by atomic mass is 10.1. The van der Waals surface area contributed by atoms with E-state index in [1.54, 1.807) is 21.1 Å². The highest BCUT2D eigenvalue weighted by atomic mass is 16.6. The normalized spacial score (nSPS) is 13.5. The van der Waals surface area contributed by atoms with E-state index in [2.05, 4.69) is 86.8 Å². The molecule has 0 aromatic heterocycles. The molecule has 0 heterocycles. The van der Waals surface area contributed by atoms with Gasteiger partial charge in [0.25, 0.3) is 0 Å².